The van der Waals surface area contributed by atoms with Crippen LogP contribution in [0.2, 0.25) is 0 Å². The average molecular weight is 954 g/mol. The summed E-state index contributed by atoms with van der Waals surface area (Å²) < 4.78 is 0. The first-order chi connectivity index (χ1) is 33.5. The van der Waals surface area contributed by atoms with Gasteiger partial charge in [-0.2, -0.15) is 15.5 Å². The highest BCUT2D eigenvalue weighted by molar-refractivity contribution is 6.25. The Balaban J connectivity index is 1.02. The standard InChI is InChI=1S/C50H59N13O7/c1-7-23-55-43-34(31-57-49(60-43)58-36-18-16-33(29-51)17-19-36)13-9-8-10-24-56-44(66)32(2)62(6)46(68)35(30-52)28-50(3,4)61(5)27-12-25-54-40(64)22-26-53-38-15-11-14-37-42(38)48(70)63(47(37)69)39-20-21-41(65)59-45(39)67/h11,14-19,28,31-32,39,53H,7-8,10,12,20-27H2,1-6H3,(H,54,64)(H,56,66)(H,59,65,67)(H2,55,57,58,60)/b35-28+/t32-,39?/m0/s1. The second kappa shape index (κ2) is 24.7. The third-order valence-electron chi connectivity index (χ3n) is 11.8. The Morgan fingerprint density at radius 3 is 2.41 bits per heavy atom. The minimum Gasteiger partial charge on any atom is -0.384 e. The van der Waals surface area contributed by atoms with E-state index in [0.29, 0.717) is 74.0 Å². The van der Waals surface area contributed by atoms with Gasteiger partial charge in [-0.15, -0.1) is 0 Å². The van der Waals surface area contributed by atoms with Gasteiger partial charge >= 0.3 is 0 Å². The van der Waals surface area contributed by atoms with Gasteiger partial charge in [0.25, 0.3) is 17.7 Å². The quantitative estimate of drug-likeness (QED) is 0.0276. The van der Waals surface area contributed by atoms with Crippen LogP contribution in [0.3, 0.4) is 0 Å². The van der Waals surface area contributed by atoms with Gasteiger partial charge in [0.05, 0.1) is 34.5 Å². The van der Waals surface area contributed by atoms with Crippen LogP contribution in [-0.2, 0) is 24.0 Å². The van der Waals surface area contributed by atoms with Crippen LogP contribution in [0.1, 0.15) is 104 Å². The fourth-order valence-corrected chi connectivity index (χ4v) is 7.40. The number of hydrogen-bond acceptors (Lipinski definition) is 15. The molecule has 3 heterocycles. The summed E-state index contributed by atoms with van der Waals surface area (Å²) in [5.41, 5.74) is 1.62. The van der Waals surface area contributed by atoms with Gasteiger partial charge in [0.15, 0.2) is 0 Å². The topological polar surface area (TPSA) is 275 Å². The number of anilines is 4. The molecule has 20 heteroatoms. The van der Waals surface area contributed by atoms with E-state index in [4.69, 9.17) is 5.26 Å². The van der Waals surface area contributed by atoms with E-state index in [1.807, 2.05) is 38.8 Å². The van der Waals surface area contributed by atoms with Crippen LogP contribution in [0.5, 0.6) is 0 Å². The highest BCUT2D eigenvalue weighted by Crippen LogP contribution is 2.32. The van der Waals surface area contributed by atoms with Crippen molar-refractivity contribution in [2.24, 2.45) is 0 Å². The molecule has 6 N–H and O–H groups in total. The lowest BCUT2D eigenvalue weighted by molar-refractivity contribution is -0.136. The van der Waals surface area contributed by atoms with Crippen molar-refractivity contribution in [3.63, 3.8) is 0 Å². The van der Waals surface area contributed by atoms with Crippen molar-refractivity contribution in [2.75, 3.05) is 62.8 Å². The maximum atomic E-state index is 13.5. The zero-order valence-corrected chi connectivity index (χ0v) is 40.3. The van der Waals surface area contributed by atoms with Crippen molar-refractivity contribution >= 4 is 64.5 Å². The van der Waals surface area contributed by atoms with Crippen LogP contribution in [0.4, 0.5) is 23.1 Å². The number of hydrogen-bond donors (Lipinski definition) is 6. The van der Waals surface area contributed by atoms with Gasteiger partial charge in [0.2, 0.25) is 29.6 Å². The molecule has 1 aromatic heterocycles. The van der Waals surface area contributed by atoms with E-state index in [2.05, 4.69) is 59.8 Å². The summed E-state index contributed by atoms with van der Waals surface area (Å²) in [6.07, 6.45) is 5.75. The van der Waals surface area contributed by atoms with E-state index in [0.717, 1.165) is 17.0 Å². The number of fused-ring (bicyclic) bond motifs is 1. The molecule has 0 bridgehead atoms. The number of nitrogens with one attached hydrogen (secondary N) is 6. The molecule has 3 aromatic rings. The Bertz CT molecular complexity index is 2660. The number of likely N-dealkylation sites (N-methyl/N-ethyl adjacent to an activating group) is 2. The molecule has 5 rings (SSSR count). The number of carbonyl (C=O) groups excluding carboxylic acids is 7. The van der Waals surface area contributed by atoms with Crippen molar-refractivity contribution in [3.05, 3.63) is 82.6 Å². The number of carbonyl (C=O) groups is 7. The van der Waals surface area contributed by atoms with Gasteiger partial charge in [-0.3, -0.25) is 48.7 Å². The largest absolute Gasteiger partial charge is 0.384 e. The molecule has 0 radical (unpaired) electrons. The van der Waals surface area contributed by atoms with Crippen molar-refractivity contribution in [3.8, 4) is 24.0 Å². The molecule has 1 saturated heterocycles. The first-order valence-electron chi connectivity index (χ1n) is 23.1. The Morgan fingerprint density at radius 2 is 1.71 bits per heavy atom. The number of benzene rings is 2. The first-order valence-corrected chi connectivity index (χ1v) is 23.1. The van der Waals surface area contributed by atoms with E-state index in [-0.39, 0.29) is 54.3 Å². The molecule has 0 saturated carbocycles. The molecule has 2 aliphatic rings. The van der Waals surface area contributed by atoms with Gasteiger partial charge in [0, 0.05) is 75.9 Å². The Kier molecular flexibility index (Phi) is 18.7. The first kappa shape index (κ1) is 52.8. The number of unbranched alkanes of at least 4 members (excludes halogenated alkanes) is 1. The molecule has 366 valence electrons. The fourth-order valence-electron chi connectivity index (χ4n) is 7.40. The van der Waals surface area contributed by atoms with Crippen molar-refractivity contribution < 1.29 is 33.6 Å². The fraction of sp³-hybridized carbons (Fsp3) is 0.420. The van der Waals surface area contributed by atoms with Crippen LogP contribution in [0, 0.1) is 34.5 Å². The van der Waals surface area contributed by atoms with Crippen LogP contribution in [0.25, 0.3) is 0 Å². The van der Waals surface area contributed by atoms with Gasteiger partial charge in [-0.25, -0.2) is 4.98 Å². The van der Waals surface area contributed by atoms with Crippen LogP contribution < -0.4 is 31.9 Å². The summed E-state index contributed by atoms with van der Waals surface area (Å²) in [4.78, 5) is 103. The molecule has 0 aliphatic carbocycles. The Morgan fingerprint density at radius 1 is 0.971 bits per heavy atom. The third-order valence-corrected chi connectivity index (χ3v) is 11.8. The maximum Gasteiger partial charge on any atom is 0.264 e. The van der Waals surface area contributed by atoms with Crippen LogP contribution in [0.15, 0.2) is 60.3 Å². The summed E-state index contributed by atoms with van der Waals surface area (Å²) in [5.74, 6) is 3.53. The summed E-state index contributed by atoms with van der Waals surface area (Å²) >= 11 is 0. The number of amides is 7. The van der Waals surface area contributed by atoms with Crippen molar-refractivity contribution in [1.29, 1.82) is 10.5 Å². The van der Waals surface area contributed by atoms with Crippen molar-refractivity contribution in [1.82, 2.24) is 40.6 Å². The summed E-state index contributed by atoms with van der Waals surface area (Å²) in [6, 6.07) is 13.8. The lowest BCUT2D eigenvalue weighted by Crippen LogP contribution is -2.54. The molecule has 2 atom stereocenters. The van der Waals surface area contributed by atoms with Gasteiger partial charge in [0.1, 0.15) is 29.5 Å². The molecule has 7 amide bonds. The van der Waals surface area contributed by atoms with E-state index in [1.165, 1.54) is 18.0 Å². The van der Waals surface area contributed by atoms with E-state index in [9.17, 15) is 38.8 Å². The predicted molar refractivity (Wildman–Crippen MR) is 261 cm³/mol. The normalized spacial score (nSPS) is 14.8. The SMILES string of the molecule is CCCNc1nc(Nc2ccc(C#N)cc2)ncc1C#CCCCNC(=O)[C@H](C)N(C)C(=O)/C(C#N)=C/C(C)(C)N(C)CCCNC(=O)CCNc1cccc2c1C(=O)N(C1CCC(=O)NC1=O)C2=O. The Labute approximate surface area is 407 Å². The molecule has 0 spiro atoms. The second-order valence-corrected chi connectivity index (χ2v) is 17.3. The smallest absolute Gasteiger partial charge is 0.264 e. The van der Waals surface area contributed by atoms with Crippen LogP contribution >= 0.6 is 0 Å². The molecular weight excluding hydrogens is 895 g/mol. The highest BCUT2D eigenvalue weighted by Gasteiger charge is 2.45. The Hall–Kier alpha value is -8.15. The maximum absolute atomic E-state index is 13.5. The molecule has 20 nitrogen and oxygen atoms in total. The van der Waals surface area contributed by atoms with Gasteiger partial charge < -0.3 is 31.5 Å². The summed E-state index contributed by atoms with van der Waals surface area (Å²) in [5, 5.41) is 36.4. The highest BCUT2D eigenvalue weighted by atomic mass is 16.2. The minimum atomic E-state index is -1.09. The number of rotatable bonds is 22. The lowest BCUT2D eigenvalue weighted by Gasteiger charge is -2.33. The van der Waals surface area contributed by atoms with E-state index >= 15 is 0 Å². The molecule has 2 aliphatic heterocycles. The molecular formula is C50H59N13O7. The van der Waals surface area contributed by atoms with Gasteiger partial charge in [-0.1, -0.05) is 24.8 Å². The second-order valence-electron chi connectivity index (χ2n) is 17.3. The summed E-state index contributed by atoms with van der Waals surface area (Å²) in [6.45, 7) is 9.33. The lowest BCUT2D eigenvalue weighted by atomic mass is 9.98. The monoisotopic (exact) mass is 953 g/mol. The number of imide groups is 2. The van der Waals surface area contributed by atoms with E-state index in [1.54, 1.807) is 55.6 Å². The molecule has 2 aromatic carbocycles. The number of nitriles is 2. The average Bonchev–Trinajstić information content (AvgIpc) is 3.60. The van der Waals surface area contributed by atoms with Crippen LogP contribution in [-0.4, -0.2) is 130 Å². The number of piperidine rings is 1. The minimum absolute atomic E-state index is 0.0117. The predicted octanol–water partition coefficient (Wildman–Crippen LogP) is 3.58. The molecule has 1 fully saturated rings. The summed E-state index contributed by atoms with van der Waals surface area (Å²) in [7, 11) is 3.31. The molecule has 1 unspecified atom stereocenters. The number of aromatic nitrogens is 2. The zero-order chi connectivity index (χ0) is 51.0. The zero-order valence-electron chi connectivity index (χ0n) is 40.3. The number of nitrogens with zero attached hydrogens (tertiary/aromatic N) is 7. The molecule has 70 heavy (non-hydrogen) atoms. The van der Waals surface area contributed by atoms with Crippen molar-refractivity contribution in [2.45, 2.75) is 90.3 Å². The van der Waals surface area contributed by atoms with Gasteiger partial charge in [-0.05, 0) is 96.0 Å². The third kappa shape index (κ3) is 13.7. The van der Waals surface area contributed by atoms with E-state index < -0.39 is 47.2 Å².